The Balaban J connectivity index is 1.15. The average Bonchev–Trinajstić information content (AvgIpc) is 3.39. The third-order valence-electron chi connectivity index (χ3n) is 13.0. The second-order valence-electron chi connectivity index (χ2n) is 16.8. The molecule has 0 saturated carbocycles. The summed E-state index contributed by atoms with van der Waals surface area (Å²) in [6, 6.07) is 95.3. The van der Waals surface area contributed by atoms with Crippen LogP contribution in [-0.4, -0.2) is 0 Å². The van der Waals surface area contributed by atoms with E-state index in [9.17, 15) is 0 Å². The fourth-order valence-electron chi connectivity index (χ4n) is 10.0. The van der Waals surface area contributed by atoms with Gasteiger partial charge in [0.25, 0.3) is 0 Å². The summed E-state index contributed by atoms with van der Waals surface area (Å²) in [6.45, 7) is 0. The molecule has 0 bridgehead atoms. The van der Waals surface area contributed by atoms with E-state index in [0.29, 0.717) is 0 Å². The molecule has 0 radical (unpaired) electrons. The second-order valence-corrected chi connectivity index (χ2v) is 16.8. The van der Waals surface area contributed by atoms with Gasteiger partial charge in [-0.25, -0.2) is 0 Å². The molecule has 12 aromatic rings. The first-order chi connectivity index (χ1) is 32.3. The lowest BCUT2D eigenvalue weighted by atomic mass is 9.81. The Morgan fingerprint density at radius 2 is 0.708 bits per heavy atom. The van der Waals surface area contributed by atoms with Gasteiger partial charge in [-0.3, -0.25) is 0 Å². The number of rotatable bonds is 8. The highest BCUT2D eigenvalue weighted by atomic mass is 15.1. The standard InChI is InChI=1S/C64H43N/c1-5-19-44(20-6-1)45-35-37-51(38-36-45)65(52-30-17-29-50(41-52)55-34-18-28-46-25-13-14-31-54(46)55)53-39-40-58-61(42-53)56-32-15-16-33-57(56)63-60(48-23-9-3-10-24-48)43-59(47-21-7-2-8-22-47)62(64(58)63)49-26-11-4-12-27-49/h1-43H. The number of nitrogens with zero attached hydrogens (tertiary/aromatic N) is 1. The molecular formula is C64H43N. The topological polar surface area (TPSA) is 3.24 Å². The van der Waals surface area contributed by atoms with Crippen molar-refractivity contribution in [2.45, 2.75) is 0 Å². The van der Waals surface area contributed by atoms with E-state index in [1.54, 1.807) is 0 Å². The monoisotopic (exact) mass is 825 g/mol. The van der Waals surface area contributed by atoms with Crippen LogP contribution >= 0.6 is 0 Å². The van der Waals surface area contributed by atoms with Crippen molar-refractivity contribution in [1.29, 1.82) is 0 Å². The van der Waals surface area contributed by atoms with Crippen molar-refractivity contribution in [3.63, 3.8) is 0 Å². The molecule has 1 heteroatoms. The van der Waals surface area contributed by atoms with Gasteiger partial charge in [0.1, 0.15) is 0 Å². The van der Waals surface area contributed by atoms with Crippen molar-refractivity contribution in [1.82, 2.24) is 0 Å². The molecule has 0 N–H and O–H groups in total. The van der Waals surface area contributed by atoms with Gasteiger partial charge >= 0.3 is 0 Å². The van der Waals surface area contributed by atoms with Crippen LogP contribution in [0.2, 0.25) is 0 Å². The molecule has 0 aliphatic heterocycles. The predicted molar refractivity (Wildman–Crippen MR) is 278 cm³/mol. The first-order valence-corrected chi connectivity index (χ1v) is 22.4. The lowest BCUT2D eigenvalue weighted by Gasteiger charge is -2.27. The quantitative estimate of drug-likeness (QED) is 0.138. The lowest BCUT2D eigenvalue weighted by Crippen LogP contribution is -2.10. The van der Waals surface area contributed by atoms with Gasteiger partial charge in [-0.1, -0.05) is 218 Å². The number of hydrogen-bond donors (Lipinski definition) is 0. The van der Waals surface area contributed by atoms with E-state index in [2.05, 4.69) is 266 Å². The first kappa shape index (κ1) is 38.2. The molecule has 65 heavy (non-hydrogen) atoms. The lowest BCUT2D eigenvalue weighted by molar-refractivity contribution is 1.29. The van der Waals surface area contributed by atoms with Gasteiger partial charge in [0.2, 0.25) is 0 Å². The predicted octanol–water partition coefficient (Wildman–Crippen LogP) is 18.1. The molecule has 0 saturated heterocycles. The molecule has 12 aromatic carbocycles. The molecule has 304 valence electrons. The van der Waals surface area contributed by atoms with Crippen molar-refractivity contribution >= 4 is 60.2 Å². The van der Waals surface area contributed by atoms with Gasteiger partial charge < -0.3 is 4.90 Å². The van der Waals surface area contributed by atoms with E-state index in [1.807, 2.05) is 0 Å². The van der Waals surface area contributed by atoms with Crippen molar-refractivity contribution in [2.24, 2.45) is 0 Å². The van der Waals surface area contributed by atoms with Crippen LogP contribution in [0.1, 0.15) is 0 Å². The van der Waals surface area contributed by atoms with Crippen LogP contribution in [0.25, 0.3) is 98.7 Å². The minimum absolute atomic E-state index is 1.09. The molecule has 0 fully saturated rings. The van der Waals surface area contributed by atoms with Crippen molar-refractivity contribution in [3.8, 4) is 55.6 Å². The van der Waals surface area contributed by atoms with Gasteiger partial charge in [0, 0.05) is 17.1 Å². The zero-order valence-electron chi connectivity index (χ0n) is 35.8. The van der Waals surface area contributed by atoms with Crippen molar-refractivity contribution < 1.29 is 0 Å². The summed E-state index contributed by atoms with van der Waals surface area (Å²) in [6.07, 6.45) is 0. The molecule has 0 spiro atoms. The van der Waals surface area contributed by atoms with Gasteiger partial charge in [-0.15, -0.1) is 0 Å². The van der Waals surface area contributed by atoms with Crippen LogP contribution in [0.15, 0.2) is 261 Å². The maximum atomic E-state index is 2.44. The Morgan fingerprint density at radius 3 is 1.42 bits per heavy atom. The third-order valence-corrected chi connectivity index (χ3v) is 13.0. The maximum absolute atomic E-state index is 2.44. The molecule has 12 rings (SSSR count). The molecule has 0 heterocycles. The van der Waals surface area contributed by atoms with Gasteiger partial charge in [0.05, 0.1) is 0 Å². The smallest absolute Gasteiger partial charge is 0.0468 e. The van der Waals surface area contributed by atoms with Crippen LogP contribution in [0.4, 0.5) is 17.1 Å². The minimum Gasteiger partial charge on any atom is -0.310 e. The van der Waals surface area contributed by atoms with Crippen molar-refractivity contribution in [3.05, 3.63) is 261 Å². The first-order valence-electron chi connectivity index (χ1n) is 22.4. The van der Waals surface area contributed by atoms with E-state index in [0.717, 1.165) is 17.1 Å². The fourth-order valence-corrected chi connectivity index (χ4v) is 10.0. The van der Waals surface area contributed by atoms with Crippen LogP contribution in [0.5, 0.6) is 0 Å². The molecule has 0 aliphatic carbocycles. The van der Waals surface area contributed by atoms with E-state index in [4.69, 9.17) is 0 Å². The molecule has 0 atom stereocenters. The van der Waals surface area contributed by atoms with Gasteiger partial charge in [0.15, 0.2) is 0 Å². The van der Waals surface area contributed by atoms with Crippen LogP contribution in [0.3, 0.4) is 0 Å². The zero-order chi connectivity index (χ0) is 43.1. The molecule has 1 nitrogen and oxygen atoms in total. The molecular weight excluding hydrogens is 783 g/mol. The summed E-state index contributed by atoms with van der Waals surface area (Å²) >= 11 is 0. The average molecular weight is 826 g/mol. The number of fused-ring (bicyclic) bond motifs is 7. The van der Waals surface area contributed by atoms with E-state index in [1.165, 1.54) is 98.7 Å². The van der Waals surface area contributed by atoms with Gasteiger partial charge in [-0.2, -0.15) is 0 Å². The minimum atomic E-state index is 1.09. The van der Waals surface area contributed by atoms with Crippen LogP contribution < -0.4 is 4.90 Å². The Bertz CT molecular complexity index is 3670. The normalized spacial score (nSPS) is 11.4. The Labute approximate surface area is 379 Å². The highest BCUT2D eigenvalue weighted by Crippen LogP contribution is 2.50. The Hall–Kier alpha value is -8.52. The molecule has 0 amide bonds. The van der Waals surface area contributed by atoms with E-state index in [-0.39, 0.29) is 0 Å². The SMILES string of the molecule is c1ccc(-c2ccc(N(c3cccc(-c4cccc5ccccc45)c3)c3ccc4c(c3)c3ccccc3c3c(-c5ccccc5)cc(-c5ccccc5)c(-c5ccccc5)c43)cc2)cc1. The summed E-state index contributed by atoms with van der Waals surface area (Å²) < 4.78 is 0. The zero-order valence-corrected chi connectivity index (χ0v) is 35.8. The van der Waals surface area contributed by atoms with Crippen molar-refractivity contribution in [2.75, 3.05) is 4.90 Å². The summed E-state index contributed by atoms with van der Waals surface area (Å²) in [5.74, 6) is 0. The molecule has 0 aliphatic rings. The third kappa shape index (κ3) is 6.82. The Kier molecular flexibility index (Phi) is 9.58. The fraction of sp³-hybridized carbons (Fsp3) is 0. The van der Waals surface area contributed by atoms with E-state index < -0.39 is 0 Å². The maximum Gasteiger partial charge on any atom is 0.0468 e. The molecule has 0 unspecified atom stereocenters. The second kappa shape index (κ2) is 16.3. The van der Waals surface area contributed by atoms with Crippen LogP contribution in [0, 0.1) is 0 Å². The summed E-state index contributed by atoms with van der Waals surface area (Å²) in [7, 11) is 0. The number of hydrogen-bond acceptors (Lipinski definition) is 1. The summed E-state index contributed by atoms with van der Waals surface area (Å²) in [5, 5.41) is 9.90. The molecule has 0 aromatic heterocycles. The van der Waals surface area contributed by atoms with Crippen LogP contribution in [-0.2, 0) is 0 Å². The highest BCUT2D eigenvalue weighted by Gasteiger charge is 2.23. The Morgan fingerprint density at radius 1 is 0.215 bits per heavy atom. The largest absolute Gasteiger partial charge is 0.310 e. The van der Waals surface area contributed by atoms with E-state index >= 15 is 0 Å². The number of benzene rings is 12. The summed E-state index contributed by atoms with van der Waals surface area (Å²) in [4.78, 5) is 2.43. The number of anilines is 3. The highest BCUT2D eigenvalue weighted by molar-refractivity contribution is 6.33. The van der Waals surface area contributed by atoms with Gasteiger partial charge in [-0.05, 0) is 141 Å². The summed E-state index contributed by atoms with van der Waals surface area (Å²) in [5.41, 5.74) is 15.3.